The van der Waals surface area contributed by atoms with E-state index in [0.717, 1.165) is 4.68 Å². The lowest BCUT2D eigenvalue weighted by Gasteiger charge is -2.19. The Balaban J connectivity index is 3.08. The standard InChI is InChI=1S/C10H17BN2O4/c1-6-7(2)13(12-8(6)11(15)16)9(14)17-10(3,4)5/h15-16H,1-5H3. The second-order valence-corrected chi connectivity index (χ2v) is 4.86. The molecule has 17 heavy (non-hydrogen) atoms. The summed E-state index contributed by atoms with van der Waals surface area (Å²) in [4.78, 5) is 11.8. The molecule has 1 aromatic heterocycles. The summed E-state index contributed by atoms with van der Waals surface area (Å²) in [6, 6.07) is 0. The first-order valence-corrected chi connectivity index (χ1v) is 5.29. The van der Waals surface area contributed by atoms with Crippen LogP contribution in [0.15, 0.2) is 0 Å². The Bertz CT molecular complexity index is 434. The number of carbonyl (C=O) groups excluding carboxylic acids is 1. The van der Waals surface area contributed by atoms with Gasteiger partial charge in [-0.25, -0.2) is 4.79 Å². The highest BCUT2D eigenvalue weighted by atomic mass is 16.6. The van der Waals surface area contributed by atoms with Crippen molar-refractivity contribution in [2.75, 3.05) is 0 Å². The normalized spacial score (nSPS) is 11.5. The summed E-state index contributed by atoms with van der Waals surface area (Å²) in [6.45, 7) is 8.57. The average molecular weight is 240 g/mol. The minimum absolute atomic E-state index is 0.0633. The second-order valence-electron chi connectivity index (χ2n) is 4.86. The van der Waals surface area contributed by atoms with E-state index in [1.165, 1.54) is 0 Å². The molecule has 6 nitrogen and oxygen atoms in total. The summed E-state index contributed by atoms with van der Waals surface area (Å²) in [5.41, 5.74) is 0.531. The van der Waals surface area contributed by atoms with E-state index in [0.29, 0.717) is 11.3 Å². The van der Waals surface area contributed by atoms with Gasteiger partial charge in [-0.2, -0.15) is 9.78 Å². The minimum atomic E-state index is -1.70. The summed E-state index contributed by atoms with van der Waals surface area (Å²) in [5, 5.41) is 22.0. The Morgan fingerprint density at radius 2 is 1.88 bits per heavy atom. The quantitative estimate of drug-likeness (QED) is 0.673. The SMILES string of the molecule is Cc1c(B(O)O)nn(C(=O)OC(C)(C)C)c1C. The van der Waals surface area contributed by atoms with Crippen LogP contribution >= 0.6 is 0 Å². The number of hydrogen-bond donors (Lipinski definition) is 2. The highest BCUT2D eigenvalue weighted by Gasteiger charge is 2.26. The molecular formula is C10H17BN2O4. The third-order valence-corrected chi connectivity index (χ3v) is 2.26. The highest BCUT2D eigenvalue weighted by molar-refractivity contribution is 6.58. The van der Waals surface area contributed by atoms with Crippen molar-refractivity contribution >= 4 is 18.8 Å². The van der Waals surface area contributed by atoms with E-state index < -0.39 is 18.8 Å². The van der Waals surface area contributed by atoms with E-state index in [-0.39, 0.29) is 5.59 Å². The Hall–Kier alpha value is -1.34. The largest absolute Gasteiger partial charge is 0.510 e. The van der Waals surface area contributed by atoms with Crippen LogP contribution in [0.5, 0.6) is 0 Å². The molecule has 0 fully saturated rings. The fourth-order valence-electron chi connectivity index (χ4n) is 1.33. The molecule has 94 valence electrons. The molecule has 1 aromatic rings. The summed E-state index contributed by atoms with van der Waals surface area (Å²) in [6.07, 6.45) is -0.634. The number of aromatic nitrogens is 2. The molecule has 2 N–H and O–H groups in total. The van der Waals surface area contributed by atoms with Gasteiger partial charge < -0.3 is 14.8 Å². The van der Waals surface area contributed by atoms with Gasteiger partial charge in [0, 0.05) is 0 Å². The first-order chi connectivity index (χ1) is 7.63. The highest BCUT2D eigenvalue weighted by Crippen LogP contribution is 2.11. The van der Waals surface area contributed by atoms with Gasteiger partial charge in [-0.1, -0.05) is 0 Å². The monoisotopic (exact) mass is 240 g/mol. The minimum Gasteiger partial charge on any atom is -0.442 e. The van der Waals surface area contributed by atoms with Crippen LogP contribution in [-0.2, 0) is 4.74 Å². The summed E-state index contributed by atoms with van der Waals surface area (Å²) >= 11 is 0. The Morgan fingerprint density at radius 3 is 2.24 bits per heavy atom. The molecular weight excluding hydrogens is 223 g/mol. The van der Waals surface area contributed by atoms with Crippen LogP contribution in [-0.4, -0.2) is 38.6 Å². The zero-order chi connectivity index (χ0) is 13.4. The molecule has 0 radical (unpaired) electrons. The van der Waals surface area contributed by atoms with Gasteiger partial charge in [-0.05, 0) is 40.2 Å². The summed E-state index contributed by atoms with van der Waals surface area (Å²) < 4.78 is 6.19. The summed E-state index contributed by atoms with van der Waals surface area (Å²) in [7, 11) is -1.70. The van der Waals surface area contributed by atoms with E-state index >= 15 is 0 Å². The smallest absolute Gasteiger partial charge is 0.442 e. The van der Waals surface area contributed by atoms with Crippen molar-refractivity contribution in [2.45, 2.75) is 40.2 Å². The topological polar surface area (TPSA) is 84.6 Å². The maximum Gasteiger partial charge on any atom is 0.510 e. The number of nitrogens with zero attached hydrogens (tertiary/aromatic N) is 2. The lowest BCUT2D eigenvalue weighted by atomic mass is 9.83. The molecule has 0 saturated carbocycles. The number of ether oxygens (including phenoxy) is 1. The Kier molecular flexibility index (Phi) is 3.64. The van der Waals surface area contributed by atoms with Crippen molar-refractivity contribution in [2.24, 2.45) is 0 Å². The molecule has 1 rings (SSSR count). The molecule has 0 spiro atoms. The average Bonchev–Trinajstić information content (AvgIpc) is 2.41. The van der Waals surface area contributed by atoms with Crippen LogP contribution in [0.2, 0.25) is 0 Å². The molecule has 0 aliphatic rings. The Labute approximate surface area is 100 Å². The zero-order valence-corrected chi connectivity index (χ0v) is 10.7. The van der Waals surface area contributed by atoms with Crippen LogP contribution in [0, 0.1) is 13.8 Å². The van der Waals surface area contributed by atoms with Crippen molar-refractivity contribution in [1.82, 2.24) is 9.78 Å². The van der Waals surface area contributed by atoms with Gasteiger partial charge in [0.05, 0.1) is 11.3 Å². The van der Waals surface area contributed by atoms with Crippen LogP contribution in [0.3, 0.4) is 0 Å². The van der Waals surface area contributed by atoms with E-state index in [1.54, 1.807) is 34.6 Å². The third-order valence-electron chi connectivity index (χ3n) is 2.26. The third kappa shape index (κ3) is 3.07. The van der Waals surface area contributed by atoms with Gasteiger partial charge in [0.1, 0.15) is 5.60 Å². The first kappa shape index (κ1) is 13.7. The molecule has 0 saturated heterocycles. The van der Waals surface area contributed by atoms with Crippen molar-refractivity contribution in [3.63, 3.8) is 0 Å². The predicted molar refractivity (Wildman–Crippen MR) is 63.2 cm³/mol. The number of hydrogen-bond acceptors (Lipinski definition) is 5. The molecule has 7 heteroatoms. The van der Waals surface area contributed by atoms with E-state index in [9.17, 15) is 4.79 Å². The van der Waals surface area contributed by atoms with Crippen LogP contribution in [0.25, 0.3) is 0 Å². The number of carbonyl (C=O) groups is 1. The lowest BCUT2D eigenvalue weighted by molar-refractivity contribution is 0.0511. The van der Waals surface area contributed by atoms with Crippen molar-refractivity contribution in [3.05, 3.63) is 11.3 Å². The summed E-state index contributed by atoms with van der Waals surface area (Å²) in [5.74, 6) is 0. The van der Waals surface area contributed by atoms with Gasteiger partial charge >= 0.3 is 13.2 Å². The fraction of sp³-hybridized carbons (Fsp3) is 0.600. The molecule has 0 aliphatic heterocycles. The van der Waals surface area contributed by atoms with Crippen LogP contribution in [0.1, 0.15) is 32.0 Å². The van der Waals surface area contributed by atoms with Gasteiger partial charge in [0.25, 0.3) is 0 Å². The lowest BCUT2D eigenvalue weighted by Crippen LogP contribution is -2.35. The van der Waals surface area contributed by atoms with Crippen molar-refractivity contribution in [3.8, 4) is 0 Å². The molecule has 0 amide bonds. The molecule has 0 atom stereocenters. The maximum atomic E-state index is 11.8. The van der Waals surface area contributed by atoms with Crippen LogP contribution in [0.4, 0.5) is 4.79 Å². The molecule has 1 heterocycles. The van der Waals surface area contributed by atoms with E-state index in [2.05, 4.69) is 5.10 Å². The predicted octanol–water partition coefficient (Wildman–Crippen LogP) is -0.0371. The van der Waals surface area contributed by atoms with Gasteiger partial charge in [-0.15, -0.1) is 0 Å². The van der Waals surface area contributed by atoms with Gasteiger partial charge in [-0.3, -0.25) is 0 Å². The molecule has 0 aliphatic carbocycles. The van der Waals surface area contributed by atoms with Gasteiger partial charge in [0.2, 0.25) is 0 Å². The van der Waals surface area contributed by atoms with E-state index in [4.69, 9.17) is 14.8 Å². The molecule has 0 unspecified atom stereocenters. The second kappa shape index (κ2) is 4.50. The van der Waals surface area contributed by atoms with E-state index in [1.807, 2.05) is 0 Å². The molecule has 0 bridgehead atoms. The maximum absolute atomic E-state index is 11.8. The van der Waals surface area contributed by atoms with Gasteiger partial charge in [0.15, 0.2) is 0 Å². The first-order valence-electron chi connectivity index (χ1n) is 5.29. The molecule has 0 aromatic carbocycles. The zero-order valence-electron chi connectivity index (χ0n) is 10.7. The van der Waals surface area contributed by atoms with Crippen LogP contribution < -0.4 is 5.59 Å². The fourth-order valence-corrected chi connectivity index (χ4v) is 1.33. The Morgan fingerprint density at radius 1 is 1.35 bits per heavy atom. The van der Waals surface area contributed by atoms with Crippen molar-refractivity contribution in [1.29, 1.82) is 0 Å². The van der Waals surface area contributed by atoms with Crippen molar-refractivity contribution < 1.29 is 19.6 Å². The number of rotatable bonds is 1.